The van der Waals surface area contributed by atoms with Crippen LogP contribution in [0.15, 0.2) is 29.3 Å². The van der Waals surface area contributed by atoms with Crippen LogP contribution in [0.2, 0.25) is 0 Å². The summed E-state index contributed by atoms with van der Waals surface area (Å²) in [5.41, 5.74) is 2.64. The lowest BCUT2D eigenvalue weighted by Gasteiger charge is -2.26. The highest BCUT2D eigenvalue weighted by Crippen LogP contribution is 2.34. The Morgan fingerprint density at radius 2 is 2.00 bits per heavy atom. The first kappa shape index (κ1) is 17.3. The third-order valence-electron chi connectivity index (χ3n) is 5.24. The quantitative estimate of drug-likeness (QED) is 0.644. The van der Waals surface area contributed by atoms with E-state index >= 15 is 0 Å². The molecule has 0 amide bonds. The summed E-state index contributed by atoms with van der Waals surface area (Å²) in [5, 5.41) is 6.98. The predicted octanol–water partition coefficient (Wildman–Crippen LogP) is 3.15. The lowest BCUT2D eigenvalue weighted by molar-refractivity contribution is 0.0992. The summed E-state index contributed by atoms with van der Waals surface area (Å²) in [7, 11) is 0. The lowest BCUT2D eigenvalue weighted by atomic mass is 9.84. The summed E-state index contributed by atoms with van der Waals surface area (Å²) in [6, 6.07) is 9.20. The molecule has 2 N–H and O–H groups in total. The number of aliphatic imine (C=N–C) groups is 1. The number of hydrogen-bond donors (Lipinski definition) is 2. The molecule has 0 aliphatic carbocycles. The van der Waals surface area contributed by atoms with Crippen molar-refractivity contribution in [2.45, 2.75) is 70.6 Å². The fraction of sp³-hybridized carbons (Fsp3) is 0.650. The van der Waals surface area contributed by atoms with Crippen molar-refractivity contribution >= 4 is 5.96 Å². The second kappa shape index (κ2) is 7.14. The van der Waals surface area contributed by atoms with Gasteiger partial charge in [0.25, 0.3) is 0 Å². The van der Waals surface area contributed by atoms with Gasteiger partial charge in [0.1, 0.15) is 0 Å². The van der Waals surface area contributed by atoms with E-state index in [1.54, 1.807) is 0 Å². The minimum atomic E-state index is 0.0151. The maximum Gasteiger partial charge on any atom is 0.191 e. The summed E-state index contributed by atoms with van der Waals surface area (Å²) in [6.45, 7) is 10.4. The Hall–Kier alpha value is -1.55. The van der Waals surface area contributed by atoms with Crippen molar-refractivity contribution in [2.75, 3.05) is 13.1 Å². The van der Waals surface area contributed by atoms with E-state index in [1.807, 2.05) is 0 Å². The van der Waals surface area contributed by atoms with Crippen LogP contribution in [0, 0.1) is 6.92 Å². The van der Waals surface area contributed by atoms with Crippen molar-refractivity contribution in [1.82, 2.24) is 10.6 Å². The van der Waals surface area contributed by atoms with E-state index in [1.165, 1.54) is 24.0 Å². The molecular formula is C20H31N3O. The van der Waals surface area contributed by atoms with E-state index < -0.39 is 0 Å². The molecule has 0 saturated carbocycles. The van der Waals surface area contributed by atoms with Crippen LogP contribution in [-0.4, -0.2) is 37.3 Å². The largest absolute Gasteiger partial charge is 0.373 e. The van der Waals surface area contributed by atoms with Gasteiger partial charge in [-0.1, -0.05) is 43.7 Å². The number of fused-ring (bicyclic) bond motifs is 2. The minimum absolute atomic E-state index is 0.0151. The maximum atomic E-state index is 5.94. The smallest absolute Gasteiger partial charge is 0.191 e. The molecule has 1 aromatic carbocycles. The molecule has 3 unspecified atom stereocenters. The van der Waals surface area contributed by atoms with Crippen LogP contribution in [0.3, 0.4) is 0 Å². The van der Waals surface area contributed by atoms with Gasteiger partial charge in [0.15, 0.2) is 5.96 Å². The van der Waals surface area contributed by atoms with Crippen molar-refractivity contribution in [3.05, 3.63) is 35.4 Å². The number of hydrogen-bond acceptors (Lipinski definition) is 2. The third kappa shape index (κ3) is 3.92. The van der Waals surface area contributed by atoms with Crippen molar-refractivity contribution in [1.29, 1.82) is 0 Å². The zero-order valence-electron chi connectivity index (χ0n) is 15.4. The Morgan fingerprint density at radius 1 is 1.25 bits per heavy atom. The van der Waals surface area contributed by atoms with Gasteiger partial charge in [-0.25, -0.2) is 0 Å². The number of rotatable bonds is 5. The molecule has 2 saturated heterocycles. The molecule has 4 nitrogen and oxygen atoms in total. The van der Waals surface area contributed by atoms with E-state index in [4.69, 9.17) is 9.73 Å². The predicted molar refractivity (Wildman–Crippen MR) is 99.6 cm³/mol. The Labute approximate surface area is 146 Å². The van der Waals surface area contributed by atoms with E-state index in [9.17, 15) is 0 Å². The molecule has 2 fully saturated rings. The Balaban J connectivity index is 1.65. The van der Waals surface area contributed by atoms with Gasteiger partial charge in [0.2, 0.25) is 0 Å². The molecule has 3 rings (SSSR count). The van der Waals surface area contributed by atoms with Crippen LogP contribution in [0.5, 0.6) is 0 Å². The molecule has 0 aromatic heterocycles. The summed E-state index contributed by atoms with van der Waals surface area (Å²) >= 11 is 0. The number of nitrogens with zero attached hydrogens (tertiary/aromatic N) is 1. The lowest BCUT2D eigenvalue weighted by Crippen LogP contribution is -2.47. The maximum absolute atomic E-state index is 5.94. The van der Waals surface area contributed by atoms with Gasteiger partial charge in [-0.15, -0.1) is 0 Å². The highest BCUT2D eigenvalue weighted by atomic mass is 16.5. The second-order valence-electron chi connectivity index (χ2n) is 7.81. The molecule has 24 heavy (non-hydrogen) atoms. The molecule has 0 spiro atoms. The van der Waals surface area contributed by atoms with Crippen LogP contribution >= 0.6 is 0 Å². The van der Waals surface area contributed by atoms with Gasteiger partial charge in [0.05, 0.1) is 24.8 Å². The standard InChI is InChI=1S/C20H31N3O/c1-5-21-19(23-17-12-16-10-11-18(17)24-16)22-13-20(3,4)15-8-6-14(2)7-9-15/h6-9,16-18H,5,10-13H2,1-4H3,(H2,21,22,23). The molecule has 2 heterocycles. The van der Waals surface area contributed by atoms with Crippen molar-refractivity contribution in [3.63, 3.8) is 0 Å². The SMILES string of the molecule is CCNC(=NCC(C)(C)c1ccc(C)cc1)NC1CC2CCC1O2. The molecular weight excluding hydrogens is 298 g/mol. The van der Waals surface area contributed by atoms with Gasteiger partial charge >= 0.3 is 0 Å². The van der Waals surface area contributed by atoms with Crippen LogP contribution in [0.4, 0.5) is 0 Å². The number of ether oxygens (including phenoxy) is 1. The normalized spacial score (nSPS) is 26.7. The van der Waals surface area contributed by atoms with Gasteiger partial charge in [0, 0.05) is 12.0 Å². The van der Waals surface area contributed by atoms with E-state index in [0.29, 0.717) is 18.2 Å². The first-order chi connectivity index (χ1) is 11.5. The van der Waals surface area contributed by atoms with Gasteiger partial charge in [-0.05, 0) is 38.7 Å². The zero-order chi connectivity index (χ0) is 17.2. The number of aryl methyl sites for hydroxylation is 1. The van der Waals surface area contributed by atoms with Crippen LogP contribution in [0.25, 0.3) is 0 Å². The van der Waals surface area contributed by atoms with E-state index in [-0.39, 0.29) is 5.41 Å². The Morgan fingerprint density at radius 3 is 2.58 bits per heavy atom. The van der Waals surface area contributed by atoms with Gasteiger partial charge in [-0.3, -0.25) is 4.99 Å². The van der Waals surface area contributed by atoms with Crippen molar-refractivity contribution in [2.24, 2.45) is 4.99 Å². The minimum Gasteiger partial charge on any atom is -0.373 e. The van der Waals surface area contributed by atoms with Crippen molar-refractivity contribution in [3.8, 4) is 0 Å². The van der Waals surface area contributed by atoms with Gasteiger partial charge in [-0.2, -0.15) is 0 Å². The van der Waals surface area contributed by atoms with Crippen LogP contribution in [-0.2, 0) is 10.2 Å². The van der Waals surface area contributed by atoms with Crippen LogP contribution < -0.4 is 10.6 Å². The summed E-state index contributed by atoms with van der Waals surface area (Å²) < 4.78 is 5.94. The average molecular weight is 329 g/mol. The molecule has 0 radical (unpaired) electrons. The molecule has 2 aliphatic rings. The highest BCUT2D eigenvalue weighted by Gasteiger charge is 2.41. The number of benzene rings is 1. The average Bonchev–Trinajstić information content (AvgIpc) is 3.16. The Kier molecular flexibility index (Phi) is 5.14. The molecule has 2 aliphatic heterocycles. The van der Waals surface area contributed by atoms with Gasteiger partial charge < -0.3 is 15.4 Å². The fourth-order valence-electron chi connectivity index (χ4n) is 3.66. The Bertz CT molecular complexity index is 579. The zero-order valence-corrected chi connectivity index (χ0v) is 15.4. The summed E-state index contributed by atoms with van der Waals surface area (Å²) in [4.78, 5) is 4.87. The topological polar surface area (TPSA) is 45.7 Å². The van der Waals surface area contributed by atoms with E-state index in [0.717, 1.165) is 25.5 Å². The summed E-state index contributed by atoms with van der Waals surface area (Å²) in [6.07, 6.45) is 4.33. The number of guanidine groups is 1. The first-order valence-corrected chi connectivity index (χ1v) is 9.25. The highest BCUT2D eigenvalue weighted by molar-refractivity contribution is 5.80. The molecule has 4 heteroatoms. The number of nitrogens with one attached hydrogen (secondary N) is 2. The monoisotopic (exact) mass is 329 g/mol. The third-order valence-corrected chi connectivity index (χ3v) is 5.24. The van der Waals surface area contributed by atoms with Crippen LogP contribution in [0.1, 0.15) is 51.2 Å². The molecule has 2 bridgehead atoms. The molecule has 3 atom stereocenters. The van der Waals surface area contributed by atoms with E-state index in [2.05, 4.69) is 62.6 Å². The first-order valence-electron chi connectivity index (χ1n) is 9.25. The second-order valence-corrected chi connectivity index (χ2v) is 7.81. The molecule has 1 aromatic rings. The van der Waals surface area contributed by atoms with Crippen molar-refractivity contribution < 1.29 is 4.74 Å². The summed E-state index contributed by atoms with van der Waals surface area (Å²) in [5.74, 6) is 0.916. The fourth-order valence-corrected chi connectivity index (χ4v) is 3.66. The molecule has 132 valence electrons.